The number of phenolic OH excluding ortho intramolecular Hbond substituents is 1. The summed E-state index contributed by atoms with van der Waals surface area (Å²) in [4.78, 5) is 23.5. The van der Waals surface area contributed by atoms with Crippen LogP contribution in [-0.2, 0) is 0 Å². The molecule has 1 atom stereocenters. The van der Waals surface area contributed by atoms with Crippen molar-refractivity contribution in [2.75, 3.05) is 25.0 Å². The van der Waals surface area contributed by atoms with E-state index in [1.54, 1.807) is 36.7 Å². The van der Waals surface area contributed by atoms with E-state index in [1.807, 2.05) is 23.1 Å². The Kier molecular flexibility index (Phi) is 5.73. The van der Waals surface area contributed by atoms with Crippen LogP contribution < -0.4 is 10.8 Å². The van der Waals surface area contributed by atoms with E-state index in [0.29, 0.717) is 41.1 Å². The number of furan rings is 1. The third kappa shape index (κ3) is 4.28. The number of carbonyl (C=O) groups excluding carboxylic acids is 1. The highest BCUT2D eigenvalue weighted by molar-refractivity contribution is 6.38. The standard InChI is InChI=1S/C25H23BN4O3/c26-19-14-27-13-18-20(11-21(29-24(18)19)17-6-1-2-7-22(17)31)28-12-16-5-3-9-30(15-16)25(32)23-8-4-10-33-23/h1-2,4,6-8,10-11,13-14,16,31H,3,5,9,12,15H2,(H,28,29). The first-order valence-electron chi connectivity index (χ1n) is 11.0. The number of amides is 1. The molecule has 0 aliphatic carbocycles. The number of hydrogen-bond donors (Lipinski definition) is 2. The van der Waals surface area contributed by atoms with Gasteiger partial charge in [-0.2, -0.15) is 0 Å². The second kappa shape index (κ2) is 8.98. The molecule has 1 aliphatic rings. The van der Waals surface area contributed by atoms with Gasteiger partial charge in [0.05, 0.1) is 17.5 Å². The second-order valence-electron chi connectivity index (χ2n) is 8.31. The van der Waals surface area contributed by atoms with Crippen LogP contribution in [0.25, 0.3) is 22.2 Å². The average Bonchev–Trinajstić information content (AvgIpc) is 3.38. The van der Waals surface area contributed by atoms with Crippen molar-refractivity contribution in [2.24, 2.45) is 5.92 Å². The van der Waals surface area contributed by atoms with Gasteiger partial charge in [-0.3, -0.25) is 9.78 Å². The Bertz CT molecular complexity index is 1290. The number of phenols is 1. The van der Waals surface area contributed by atoms with Crippen LogP contribution in [-0.4, -0.2) is 53.4 Å². The lowest BCUT2D eigenvalue weighted by Gasteiger charge is -2.32. The predicted octanol–water partition coefficient (Wildman–Crippen LogP) is 3.35. The number of pyridine rings is 2. The number of rotatable bonds is 5. The highest BCUT2D eigenvalue weighted by Gasteiger charge is 2.26. The van der Waals surface area contributed by atoms with Gasteiger partial charge in [-0.25, -0.2) is 4.98 Å². The second-order valence-corrected chi connectivity index (χ2v) is 8.31. The number of aromatic nitrogens is 2. The molecule has 0 bridgehead atoms. The van der Waals surface area contributed by atoms with Crippen molar-refractivity contribution in [2.45, 2.75) is 12.8 Å². The third-order valence-corrected chi connectivity index (χ3v) is 6.05. The van der Waals surface area contributed by atoms with Crippen molar-refractivity contribution in [1.82, 2.24) is 14.9 Å². The summed E-state index contributed by atoms with van der Waals surface area (Å²) in [5.41, 5.74) is 3.20. The van der Waals surface area contributed by atoms with Crippen LogP contribution in [0.5, 0.6) is 5.75 Å². The molecule has 1 aliphatic heterocycles. The normalized spacial score (nSPS) is 16.1. The maximum absolute atomic E-state index is 12.7. The zero-order chi connectivity index (χ0) is 22.8. The van der Waals surface area contributed by atoms with Crippen molar-refractivity contribution in [3.05, 3.63) is 66.9 Å². The van der Waals surface area contributed by atoms with Crippen molar-refractivity contribution < 1.29 is 14.3 Å². The van der Waals surface area contributed by atoms with Crippen LogP contribution in [0, 0.1) is 5.92 Å². The zero-order valence-corrected chi connectivity index (χ0v) is 18.1. The number of hydrogen-bond acceptors (Lipinski definition) is 6. The first-order valence-corrected chi connectivity index (χ1v) is 11.0. The van der Waals surface area contributed by atoms with Gasteiger partial charge in [-0.15, -0.1) is 0 Å². The fourth-order valence-corrected chi connectivity index (χ4v) is 4.36. The Morgan fingerprint density at radius 3 is 2.94 bits per heavy atom. The molecule has 33 heavy (non-hydrogen) atoms. The molecule has 1 unspecified atom stereocenters. The number of aromatic hydroxyl groups is 1. The topological polar surface area (TPSA) is 91.5 Å². The van der Waals surface area contributed by atoms with Crippen molar-refractivity contribution in [1.29, 1.82) is 0 Å². The molecule has 0 saturated carbocycles. The molecule has 1 amide bonds. The molecule has 5 rings (SSSR count). The van der Waals surface area contributed by atoms with E-state index in [4.69, 9.17) is 17.2 Å². The van der Waals surface area contributed by atoms with Crippen LogP contribution >= 0.6 is 0 Å². The first-order chi connectivity index (χ1) is 16.1. The Balaban J connectivity index is 1.40. The molecule has 4 aromatic rings. The van der Waals surface area contributed by atoms with Gasteiger partial charge < -0.3 is 19.7 Å². The summed E-state index contributed by atoms with van der Waals surface area (Å²) in [6, 6.07) is 12.4. The van der Waals surface area contributed by atoms with Gasteiger partial charge in [0.15, 0.2) is 5.76 Å². The summed E-state index contributed by atoms with van der Waals surface area (Å²) in [5.74, 6) is 0.737. The van der Waals surface area contributed by atoms with E-state index in [9.17, 15) is 9.90 Å². The Hall–Kier alpha value is -3.81. The molecule has 1 aromatic carbocycles. The van der Waals surface area contributed by atoms with Gasteiger partial charge >= 0.3 is 0 Å². The van der Waals surface area contributed by atoms with Crippen LogP contribution in [0.4, 0.5) is 5.69 Å². The van der Waals surface area contributed by atoms with Crippen molar-refractivity contribution in [3.63, 3.8) is 0 Å². The third-order valence-electron chi connectivity index (χ3n) is 6.05. The molecule has 1 saturated heterocycles. The molecule has 0 spiro atoms. The lowest BCUT2D eigenvalue weighted by molar-refractivity contribution is 0.0648. The zero-order valence-electron chi connectivity index (χ0n) is 18.1. The smallest absolute Gasteiger partial charge is 0.289 e. The van der Waals surface area contributed by atoms with E-state index in [2.05, 4.69) is 10.3 Å². The summed E-state index contributed by atoms with van der Waals surface area (Å²) in [6.07, 6.45) is 6.79. The molecule has 3 aromatic heterocycles. The van der Waals surface area contributed by atoms with E-state index in [0.717, 1.165) is 30.5 Å². The Labute approximate surface area is 192 Å². The highest BCUT2D eigenvalue weighted by Crippen LogP contribution is 2.32. The van der Waals surface area contributed by atoms with E-state index in [-0.39, 0.29) is 17.6 Å². The number of likely N-dealkylation sites (tertiary alicyclic amines) is 1. The molecule has 2 N–H and O–H groups in total. The van der Waals surface area contributed by atoms with E-state index in [1.165, 1.54) is 6.26 Å². The summed E-state index contributed by atoms with van der Waals surface area (Å²) in [7, 11) is 6.18. The van der Waals surface area contributed by atoms with Crippen LogP contribution in [0.2, 0.25) is 0 Å². The largest absolute Gasteiger partial charge is 0.507 e. The van der Waals surface area contributed by atoms with E-state index >= 15 is 0 Å². The summed E-state index contributed by atoms with van der Waals surface area (Å²) in [5, 5.41) is 14.7. The monoisotopic (exact) mass is 438 g/mol. The molecule has 1 fully saturated rings. The summed E-state index contributed by atoms with van der Waals surface area (Å²) in [6.45, 7) is 2.06. The number of fused-ring (bicyclic) bond motifs is 1. The molecule has 7 nitrogen and oxygen atoms in total. The lowest BCUT2D eigenvalue weighted by Crippen LogP contribution is -2.41. The van der Waals surface area contributed by atoms with Crippen molar-refractivity contribution in [3.8, 4) is 17.0 Å². The molecule has 2 radical (unpaired) electrons. The van der Waals surface area contributed by atoms with Crippen molar-refractivity contribution >= 4 is 35.8 Å². The molecular formula is C25H23BN4O3. The quantitative estimate of drug-likeness (QED) is 0.465. The fourth-order valence-electron chi connectivity index (χ4n) is 4.36. The lowest BCUT2D eigenvalue weighted by atomic mass is 9.94. The van der Waals surface area contributed by atoms with Crippen LogP contribution in [0.3, 0.4) is 0 Å². The Morgan fingerprint density at radius 2 is 2.12 bits per heavy atom. The number of carbonyl (C=O) groups is 1. The van der Waals surface area contributed by atoms with Gasteiger partial charge in [0.2, 0.25) is 0 Å². The number of nitrogens with zero attached hydrogens (tertiary/aromatic N) is 3. The summed E-state index contributed by atoms with van der Waals surface area (Å²) < 4.78 is 5.28. The summed E-state index contributed by atoms with van der Waals surface area (Å²) >= 11 is 0. The highest BCUT2D eigenvalue weighted by atomic mass is 16.3. The number of piperidine rings is 1. The SMILES string of the molecule is [B]c1cncc2c(NCC3CCCN(C(=O)c4ccco4)C3)cc(-c3ccccc3O)nc12. The number of para-hydroxylation sites is 1. The maximum atomic E-state index is 12.7. The molecule has 4 heterocycles. The minimum atomic E-state index is -0.0714. The maximum Gasteiger partial charge on any atom is 0.289 e. The number of nitrogens with one attached hydrogen (secondary N) is 1. The van der Waals surface area contributed by atoms with Gasteiger partial charge in [0, 0.05) is 48.7 Å². The van der Waals surface area contributed by atoms with Crippen LogP contribution in [0.1, 0.15) is 23.4 Å². The number of benzene rings is 1. The van der Waals surface area contributed by atoms with Crippen LogP contribution in [0.15, 0.2) is 65.5 Å². The van der Waals surface area contributed by atoms with Gasteiger partial charge in [-0.1, -0.05) is 17.6 Å². The average molecular weight is 438 g/mol. The van der Waals surface area contributed by atoms with Gasteiger partial charge in [-0.05, 0) is 49.1 Å². The van der Waals surface area contributed by atoms with Gasteiger partial charge in [0.25, 0.3) is 5.91 Å². The molecular weight excluding hydrogens is 415 g/mol. The minimum Gasteiger partial charge on any atom is -0.507 e. The van der Waals surface area contributed by atoms with E-state index < -0.39 is 0 Å². The minimum absolute atomic E-state index is 0.0714. The molecule has 164 valence electrons. The number of anilines is 1. The first kappa shape index (κ1) is 21.1. The molecule has 8 heteroatoms. The Morgan fingerprint density at radius 1 is 1.24 bits per heavy atom. The van der Waals surface area contributed by atoms with Gasteiger partial charge in [0.1, 0.15) is 13.6 Å². The fraction of sp³-hybridized carbons (Fsp3) is 0.240. The predicted molar refractivity (Wildman–Crippen MR) is 128 cm³/mol.